The van der Waals surface area contributed by atoms with Gasteiger partial charge in [0.15, 0.2) is 0 Å². The fourth-order valence-corrected chi connectivity index (χ4v) is 1.71. The standard InChI is InChI=1S/C9H11NO/c1-7-4-5-9(11)10-6-2-3-8(7)10/h4-5H,2-3,6H2,1H3. The zero-order valence-corrected chi connectivity index (χ0v) is 6.63. The third-order valence-electron chi connectivity index (χ3n) is 2.32. The van der Waals surface area contributed by atoms with E-state index in [2.05, 4.69) is 6.92 Å². The highest BCUT2D eigenvalue weighted by molar-refractivity contribution is 5.21. The molecule has 1 aliphatic rings. The van der Waals surface area contributed by atoms with Gasteiger partial charge in [-0.25, -0.2) is 0 Å². The van der Waals surface area contributed by atoms with Crippen molar-refractivity contribution in [1.82, 2.24) is 4.57 Å². The Kier molecular flexibility index (Phi) is 1.34. The first-order valence-electron chi connectivity index (χ1n) is 3.98. The molecule has 0 unspecified atom stereocenters. The zero-order valence-electron chi connectivity index (χ0n) is 6.63. The van der Waals surface area contributed by atoms with Crippen molar-refractivity contribution in [2.24, 2.45) is 0 Å². The van der Waals surface area contributed by atoms with Crippen molar-refractivity contribution in [2.75, 3.05) is 0 Å². The van der Waals surface area contributed by atoms with Crippen LogP contribution in [0.2, 0.25) is 0 Å². The second-order valence-corrected chi connectivity index (χ2v) is 3.06. The summed E-state index contributed by atoms with van der Waals surface area (Å²) in [5.41, 5.74) is 2.64. The summed E-state index contributed by atoms with van der Waals surface area (Å²) < 4.78 is 1.88. The quantitative estimate of drug-likeness (QED) is 0.541. The lowest BCUT2D eigenvalue weighted by Crippen LogP contribution is -2.18. The van der Waals surface area contributed by atoms with Gasteiger partial charge in [-0.1, -0.05) is 6.07 Å². The summed E-state index contributed by atoms with van der Waals surface area (Å²) in [6, 6.07) is 3.57. The number of hydrogen-bond donors (Lipinski definition) is 0. The Bertz CT molecular complexity index is 338. The van der Waals surface area contributed by atoms with Gasteiger partial charge in [0.05, 0.1) is 0 Å². The van der Waals surface area contributed by atoms with Gasteiger partial charge < -0.3 is 4.57 Å². The third-order valence-corrected chi connectivity index (χ3v) is 2.32. The van der Waals surface area contributed by atoms with Gasteiger partial charge in [-0.05, 0) is 25.3 Å². The Morgan fingerprint density at radius 3 is 3.00 bits per heavy atom. The third kappa shape index (κ3) is 0.897. The molecule has 2 rings (SSSR count). The number of rotatable bonds is 0. The van der Waals surface area contributed by atoms with Crippen molar-refractivity contribution in [3.05, 3.63) is 33.7 Å². The van der Waals surface area contributed by atoms with Gasteiger partial charge in [-0.15, -0.1) is 0 Å². The van der Waals surface area contributed by atoms with Gasteiger partial charge in [-0.2, -0.15) is 0 Å². The molecule has 2 nitrogen and oxygen atoms in total. The summed E-state index contributed by atoms with van der Waals surface area (Å²) in [6.45, 7) is 2.98. The lowest BCUT2D eigenvalue weighted by atomic mass is 10.2. The van der Waals surface area contributed by atoms with E-state index in [-0.39, 0.29) is 5.56 Å². The average Bonchev–Trinajstić information content (AvgIpc) is 2.45. The van der Waals surface area contributed by atoms with E-state index in [1.54, 1.807) is 6.07 Å². The highest BCUT2D eigenvalue weighted by Crippen LogP contribution is 2.14. The smallest absolute Gasteiger partial charge is 0.250 e. The van der Waals surface area contributed by atoms with Crippen molar-refractivity contribution in [3.8, 4) is 0 Å². The minimum absolute atomic E-state index is 0.156. The summed E-state index contributed by atoms with van der Waals surface area (Å²) in [5, 5.41) is 0. The molecule has 2 heterocycles. The lowest BCUT2D eigenvalue weighted by Gasteiger charge is -2.03. The molecule has 0 atom stereocenters. The van der Waals surface area contributed by atoms with E-state index in [0.717, 1.165) is 19.4 Å². The average molecular weight is 149 g/mol. The summed E-state index contributed by atoms with van der Waals surface area (Å²) in [5.74, 6) is 0. The molecule has 58 valence electrons. The van der Waals surface area contributed by atoms with Gasteiger partial charge >= 0.3 is 0 Å². The van der Waals surface area contributed by atoms with E-state index in [0.29, 0.717) is 0 Å². The van der Waals surface area contributed by atoms with E-state index in [1.165, 1.54) is 11.3 Å². The molecule has 1 aromatic rings. The van der Waals surface area contributed by atoms with Crippen LogP contribution in [0.3, 0.4) is 0 Å². The van der Waals surface area contributed by atoms with E-state index in [9.17, 15) is 4.79 Å². The van der Waals surface area contributed by atoms with Crippen LogP contribution in [0.15, 0.2) is 16.9 Å². The lowest BCUT2D eigenvalue weighted by molar-refractivity contribution is 0.719. The minimum Gasteiger partial charge on any atom is -0.312 e. The van der Waals surface area contributed by atoms with E-state index in [4.69, 9.17) is 0 Å². The molecule has 0 amide bonds. The number of nitrogens with zero attached hydrogens (tertiary/aromatic N) is 1. The predicted octanol–water partition coefficient (Wildman–Crippen LogP) is 1.10. The summed E-state index contributed by atoms with van der Waals surface area (Å²) >= 11 is 0. The Hall–Kier alpha value is -1.05. The van der Waals surface area contributed by atoms with Gasteiger partial charge in [-0.3, -0.25) is 4.79 Å². The molecule has 0 saturated carbocycles. The van der Waals surface area contributed by atoms with Crippen LogP contribution in [0, 0.1) is 6.92 Å². The summed E-state index contributed by atoms with van der Waals surface area (Å²) in [6.07, 6.45) is 2.20. The molecule has 0 N–H and O–H groups in total. The zero-order chi connectivity index (χ0) is 7.84. The Morgan fingerprint density at radius 2 is 2.27 bits per heavy atom. The van der Waals surface area contributed by atoms with Gasteiger partial charge in [0.25, 0.3) is 5.56 Å². The Morgan fingerprint density at radius 1 is 1.45 bits per heavy atom. The van der Waals surface area contributed by atoms with E-state index >= 15 is 0 Å². The molecule has 0 spiro atoms. The Balaban J connectivity index is 2.74. The molecule has 0 radical (unpaired) electrons. The van der Waals surface area contributed by atoms with Crippen LogP contribution in [-0.2, 0) is 13.0 Å². The molecule has 0 bridgehead atoms. The van der Waals surface area contributed by atoms with Crippen molar-refractivity contribution < 1.29 is 0 Å². The molecule has 0 aromatic carbocycles. The molecule has 2 heteroatoms. The summed E-state index contributed by atoms with van der Waals surface area (Å²) in [7, 11) is 0. The number of fused-ring (bicyclic) bond motifs is 1. The maximum Gasteiger partial charge on any atom is 0.250 e. The number of aromatic nitrogens is 1. The van der Waals surface area contributed by atoms with Crippen LogP contribution in [0.25, 0.3) is 0 Å². The maximum atomic E-state index is 11.2. The predicted molar refractivity (Wildman–Crippen MR) is 43.8 cm³/mol. The molecular weight excluding hydrogens is 138 g/mol. The van der Waals surface area contributed by atoms with Crippen LogP contribution in [0.5, 0.6) is 0 Å². The molecule has 0 aliphatic carbocycles. The van der Waals surface area contributed by atoms with Gasteiger partial charge in [0.2, 0.25) is 0 Å². The monoisotopic (exact) mass is 149 g/mol. The fourth-order valence-electron chi connectivity index (χ4n) is 1.71. The molecule has 0 saturated heterocycles. The fraction of sp³-hybridized carbons (Fsp3) is 0.444. The number of pyridine rings is 1. The molecule has 11 heavy (non-hydrogen) atoms. The largest absolute Gasteiger partial charge is 0.312 e. The summed E-state index contributed by atoms with van der Waals surface area (Å²) in [4.78, 5) is 11.2. The highest BCUT2D eigenvalue weighted by Gasteiger charge is 2.12. The molecule has 1 aromatic heterocycles. The molecule has 1 aliphatic heterocycles. The second-order valence-electron chi connectivity index (χ2n) is 3.06. The van der Waals surface area contributed by atoms with Crippen LogP contribution in [0.1, 0.15) is 17.7 Å². The SMILES string of the molecule is Cc1ccc(=O)n2c1CCC2. The van der Waals surface area contributed by atoms with Gasteiger partial charge in [0.1, 0.15) is 0 Å². The molecule has 0 fully saturated rings. The maximum absolute atomic E-state index is 11.2. The van der Waals surface area contributed by atoms with Crippen molar-refractivity contribution in [1.29, 1.82) is 0 Å². The van der Waals surface area contributed by atoms with Crippen LogP contribution >= 0.6 is 0 Å². The van der Waals surface area contributed by atoms with Crippen LogP contribution < -0.4 is 5.56 Å². The van der Waals surface area contributed by atoms with Crippen molar-refractivity contribution >= 4 is 0 Å². The van der Waals surface area contributed by atoms with Crippen molar-refractivity contribution in [3.63, 3.8) is 0 Å². The highest BCUT2D eigenvalue weighted by atomic mass is 16.1. The van der Waals surface area contributed by atoms with E-state index < -0.39 is 0 Å². The van der Waals surface area contributed by atoms with E-state index in [1.807, 2.05) is 10.6 Å². The Labute approximate surface area is 65.5 Å². The second kappa shape index (κ2) is 2.22. The topological polar surface area (TPSA) is 22.0 Å². The first-order chi connectivity index (χ1) is 5.29. The normalized spacial score (nSPS) is 15.0. The number of hydrogen-bond acceptors (Lipinski definition) is 1. The van der Waals surface area contributed by atoms with Crippen molar-refractivity contribution in [2.45, 2.75) is 26.3 Å². The van der Waals surface area contributed by atoms with Gasteiger partial charge in [0, 0.05) is 18.3 Å². The minimum atomic E-state index is 0.156. The molecular formula is C9H11NO. The number of aryl methyl sites for hydroxylation is 1. The first-order valence-corrected chi connectivity index (χ1v) is 3.98. The van der Waals surface area contributed by atoms with Crippen LogP contribution in [-0.4, -0.2) is 4.57 Å². The first kappa shape index (κ1) is 6.65. The van der Waals surface area contributed by atoms with Crippen LogP contribution in [0.4, 0.5) is 0 Å².